The van der Waals surface area contributed by atoms with Gasteiger partial charge in [0.1, 0.15) is 5.75 Å². The Morgan fingerprint density at radius 3 is 2.67 bits per heavy atom. The maximum atomic E-state index is 11.1. The third-order valence-corrected chi connectivity index (χ3v) is 2.38. The predicted molar refractivity (Wildman–Crippen MR) is 53.5 cm³/mol. The summed E-state index contributed by atoms with van der Waals surface area (Å²) in [6.07, 6.45) is 1.07. The lowest BCUT2D eigenvalue weighted by Gasteiger charge is -2.18. The van der Waals surface area contributed by atoms with E-state index in [0.717, 1.165) is 5.56 Å². The van der Waals surface area contributed by atoms with Crippen LogP contribution in [-0.4, -0.2) is 20.2 Å². The van der Waals surface area contributed by atoms with Crippen molar-refractivity contribution in [2.45, 2.75) is 12.8 Å². The predicted octanol–water partition coefficient (Wildman–Crippen LogP) is 1.56. The molecule has 15 heavy (non-hydrogen) atoms. The van der Waals surface area contributed by atoms with Crippen molar-refractivity contribution in [1.29, 1.82) is 0 Å². The second-order valence-electron chi connectivity index (χ2n) is 3.29. The Hall–Kier alpha value is -1.71. The van der Waals surface area contributed by atoms with Gasteiger partial charge < -0.3 is 14.2 Å². The van der Waals surface area contributed by atoms with Crippen LogP contribution in [0.3, 0.4) is 0 Å². The molecule has 0 aromatic heterocycles. The number of ether oxygens (including phenoxy) is 3. The van der Waals surface area contributed by atoms with Crippen LogP contribution in [0.25, 0.3) is 0 Å². The second-order valence-corrected chi connectivity index (χ2v) is 3.29. The molecule has 0 saturated heterocycles. The lowest BCUT2D eigenvalue weighted by Crippen LogP contribution is -2.16. The molecule has 0 N–H and O–H groups in total. The van der Waals surface area contributed by atoms with Crippen molar-refractivity contribution in [3.8, 4) is 17.2 Å². The minimum atomic E-state index is -0.217. The fraction of sp³-hybridized carbons (Fsp3) is 0.364. The van der Waals surface area contributed by atoms with Crippen molar-refractivity contribution in [2.24, 2.45) is 0 Å². The minimum absolute atomic E-state index is 0.217. The highest BCUT2D eigenvalue weighted by molar-refractivity contribution is 5.77. The van der Waals surface area contributed by atoms with Gasteiger partial charge in [0.2, 0.25) is 0 Å². The van der Waals surface area contributed by atoms with E-state index in [1.165, 1.54) is 7.11 Å². The molecule has 1 aliphatic rings. The summed E-state index contributed by atoms with van der Waals surface area (Å²) in [7, 11) is 3.13. The molecule has 2 rings (SSSR count). The highest BCUT2D eigenvalue weighted by Gasteiger charge is 2.22. The Morgan fingerprint density at radius 1 is 1.20 bits per heavy atom. The SMILES string of the molecule is COc1cc2c(c(OC)c1)OC(=O)CC2. The quantitative estimate of drug-likeness (QED) is 0.546. The number of methoxy groups -OCH3 is 2. The van der Waals surface area contributed by atoms with Gasteiger partial charge in [0.25, 0.3) is 0 Å². The topological polar surface area (TPSA) is 44.8 Å². The smallest absolute Gasteiger partial charge is 0.311 e. The van der Waals surface area contributed by atoms with E-state index >= 15 is 0 Å². The van der Waals surface area contributed by atoms with Gasteiger partial charge >= 0.3 is 5.97 Å². The average Bonchev–Trinajstić information content (AvgIpc) is 2.27. The van der Waals surface area contributed by atoms with E-state index in [9.17, 15) is 4.79 Å². The molecule has 0 amide bonds. The summed E-state index contributed by atoms with van der Waals surface area (Å²) in [5, 5.41) is 0. The number of carbonyl (C=O) groups is 1. The van der Waals surface area contributed by atoms with Gasteiger partial charge in [0.05, 0.1) is 20.6 Å². The molecule has 0 saturated carbocycles. The minimum Gasteiger partial charge on any atom is -0.497 e. The summed E-state index contributed by atoms with van der Waals surface area (Å²) in [6.45, 7) is 0. The molecule has 0 fully saturated rings. The number of fused-ring (bicyclic) bond motifs is 1. The normalized spacial score (nSPS) is 14.1. The first-order valence-electron chi connectivity index (χ1n) is 4.70. The van der Waals surface area contributed by atoms with E-state index in [1.807, 2.05) is 6.07 Å². The molecule has 1 aliphatic heterocycles. The number of carbonyl (C=O) groups excluding carboxylic acids is 1. The maximum Gasteiger partial charge on any atom is 0.311 e. The van der Waals surface area contributed by atoms with Gasteiger partial charge in [0.15, 0.2) is 11.5 Å². The van der Waals surface area contributed by atoms with Crippen LogP contribution < -0.4 is 14.2 Å². The number of aryl methyl sites for hydroxylation is 1. The molecule has 1 aromatic carbocycles. The Balaban J connectivity index is 2.49. The van der Waals surface area contributed by atoms with Gasteiger partial charge in [0, 0.05) is 11.6 Å². The standard InChI is InChI=1S/C11H12O4/c1-13-8-5-7-3-4-10(12)15-11(7)9(6-8)14-2/h5-6H,3-4H2,1-2H3. The second kappa shape index (κ2) is 3.81. The molecule has 4 heteroatoms. The summed E-state index contributed by atoms with van der Waals surface area (Å²) in [6, 6.07) is 3.57. The van der Waals surface area contributed by atoms with Gasteiger partial charge in [-0.15, -0.1) is 0 Å². The van der Waals surface area contributed by atoms with Gasteiger partial charge in [-0.1, -0.05) is 0 Å². The number of rotatable bonds is 2. The van der Waals surface area contributed by atoms with Crippen molar-refractivity contribution in [2.75, 3.05) is 14.2 Å². The lowest BCUT2D eigenvalue weighted by atomic mass is 10.1. The Kier molecular flexibility index (Phi) is 2.49. The molecule has 1 heterocycles. The van der Waals surface area contributed by atoms with Crippen LogP contribution in [0.4, 0.5) is 0 Å². The Labute approximate surface area is 87.8 Å². The molecule has 0 radical (unpaired) electrons. The number of hydrogen-bond donors (Lipinski definition) is 0. The first-order chi connectivity index (χ1) is 7.24. The summed E-state index contributed by atoms with van der Waals surface area (Å²) in [5.41, 5.74) is 0.950. The molecule has 0 aliphatic carbocycles. The summed E-state index contributed by atoms with van der Waals surface area (Å²) < 4.78 is 15.4. The Bertz CT molecular complexity index is 381. The van der Waals surface area contributed by atoms with Gasteiger partial charge in [-0.2, -0.15) is 0 Å². The molecule has 0 atom stereocenters. The Morgan fingerprint density at radius 2 is 2.00 bits per heavy atom. The van der Waals surface area contributed by atoms with Crippen LogP contribution in [0, 0.1) is 0 Å². The van der Waals surface area contributed by atoms with Gasteiger partial charge in [-0.25, -0.2) is 0 Å². The molecular formula is C11H12O4. The highest BCUT2D eigenvalue weighted by atomic mass is 16.6. The van der Waals surface area contributed by atoms with E-state index < -0.39 is 0 Å². The first-order valence-corrected chi connectivity index (χ1v) is 4.70. The maximum absolute atomic E-state index is 11.1. The average molecular weight is 208 g/mol. The number of hydrogen-bond acceptors (Lipinski definition) is 4. The number of esters is 1. The summed E-state index contributed by atoms with van der Waals surface area (Å²) >= 11 is 0. The zero-order valence-electron chi connectivity index (χ0n) is 8.70. The molecule has 0 spiro atoms. The van der Waals surface area contributed by atoms with Crippen LogP contribution >= 0.6 is 0 Å². The highest BCUT2D eigenvalue weighted by Crippen LogP contribution is 2.38. The van der Waals surface area contributed by atoms with Crippen LogP contribution in [0.5, 0.6) is 17.2 Å². The van der Waals surface area contributed by atoms with Crippen LogP contribution in [0.15, 0.2) is 12.1 Å². The van der Waals surface area contributed by atoms with E-state index in [4.69, 9.17) is 14.2 Å². The van der Waals surface area contributed by atoms with E-state index in [-0.39, 0.29) is 5.97 Å². The van der Waals surface area contributed by atoms with Crippen molar-refractivity contribution in [1.82, 2.24) is 0 Å². The van der Waals surface area contributed by atoms with E-state index in [1.54, 1.807) is 13.2 Å². The number of benzene rings is 1. The van der Waals surface area contributed by atoms with Gasteiger partial charge in [-0.3, -0.25) is 4.79 Å². The summed E-state index contributed by atoms with van der Waals surface area (Å²) in [4.78, 5) is 11.1. The fourth-order valence-corrected chi connectivity index (χ4v) is 1.60. The molecule has 80 valence electrons. The molecule has 0 unspecified atom stereocenters. The van der Waals surface area contributed by atoms with Crippen molar-refractivity contribution in [3.63, 3.8) is 0 Å². The van der Waals surface area contributed by atoms with E-state index in [2.05, 4.69) is 0 Å². The fourth-order valence-electron chi connectivity index (χ4n) is 1.60. The van der Waals surface area contributed by atoms with Crippen molar-refractivity contribution < 1.29 is 19.0 Å². The monoisotopic (exact) mass is 208 g/mol. The van der Waals surface area contributed by atoms with Crippen molar-refractivity contribution >= 4 is 5.97 Å². The molecule has 4 nitrogen and oxygen atoms in total. The zero-order valence-corrected chi connectivity index (χ0v) is 8.70. The van der Waals surface area contributed by atoms with Crippen LogP contribution in [-0.2, 0) is 11.2 Å². The summed E-state index contributed by atoms with van der Waals surface area (Å²) in [5.74, 6) is 1.56. The lowest BCUT2D eigenvalue weighted by molar-refractivity contribution is -0.135. The van der Waals surface area contributed by atoms with E-state index in [0.29, 0.717) is 30.1 Å². The first kappa shape index (κ1) is 9.83. The molecule has 0 bridgehead atoms. The third-order valence-electron chi connectivity index (χ3n) is 2.38. The van der Waals surface area contributed by atoms with Crippen LogP contribution in [0.1, 0.15) is 12.0 Å². The zero-order chi connectivity index (χ0) is 10.8. The molecular weight excluding hydrogens is 196 g/mol. The van der Waals surface area contributed by atoms with Crippen molar-refractivity contribution in [3.05, 3.63) is 17.7 Å². The largest absolute Gasteiger partial charge is 0.497 e. The van der Waals surface area contributed by atoms with Gasteiger partial charge in [-0.05, 0) is 12.5 Å². The molecule has 1 aromatic rings. The third kappa shape index (κ3) is 1.75. The van der Waals surface area contributed by atoms with Crippen LogP contribution in [0.2, 0.25) is 0 Å².